The minimum Gasteiger partial charge on any atom is -0.450 e. The number of anilines is 1. The van der Waals surface area contributed by atoms with Gasteiger partial charge in [-0.15, -0.1) is 0 Å². The van der Waals surface area contributed by atoms with Gasteiger partial charge in [-0.1, -0.05) is 0 Å². The predicted octanol–water partition coefficient (Wildman–Crippen LogP) is 3.71. The van der Waals surface area contributed by atoms with Gasteiger partial charge in [-0.05, 0) is 24.3 Å². The van der Waals surface area contributed by atoms with Crippen molar-refractivity contribution in [3.05, 3.63) is 58.1 Å². The molecule has 0 spiro atoms. The molecule has 0 saturated heterocycles. The van der Waals surface area contributed by atoms with Gasteiger partial charge in [0.2, 0.25) is 11.6 Å². The Kier molecular flexibility index (Phi) is 3.79. The molecule has 5 nitrogen and oxygen atoms in total. The summed E-state index contributed by atoms with van der Waals surface area (Å²) in [6, 6.07) is 7.59. The molecule has 0 aliphatic rings. The van der Waals surface area contributed by atoms with E-state index in [1.165, 1.54) is 12.1 Å². The molecule has 104 valence electrons. The van der Waals surface area contributed by atoms with Crippen LogP contribution in [0, 0.1) is 21.7 Å². The molecule has 0 heterocycles. The number of halogens is 2. The van der Waals surface area contributed by atoms with Crippen molar-refractivity contribution in [3.8, 4) is 11.5 Å². The molecular weight excluding hydrogens is 270 g/mol. The van der Waals surface area contributed by atoms with Crippen LogP contribution in [-0.4, -0.2) is 12.0 Å². The molecule has 0 unspecified atom stereocenters. The Morgan fingerprint density at radius 2 is 1.85 bits per heavy atom. The maximum Gasteiger partial charge on any atom is 0.347 e. The Hall–Kier alpha value is -2.70. The highest BCUT2D eigenvalue weighted by Crippen LogP contribution is 2.34. The average Bonchev–Trinajstić information content (AvgIpc) is 2.38. The van der Waals surface area contributed by atoms with E-state index in [4.69, 9.17) is 4.74 Å². The lowest BCUT2D eigenvalue weighted by Gasteiger charge is -2.08. The van der Waals surface area contributed by atoms with Gasteiger partial charge in [-0.25, -0.2) is 4.39 Å². The van der Waals surface area contributed by atoms with E-state index in [1.54, 1.807) is 19.2 Å². The first-order valence-electron chi connectivity index (χ1n) is 5.60. The first-order valence-corrected chi connectivity index (χ1v) is 5.60. The summed E-state index contributed by atoms with van der Waals surface area (Å²) in [6.45, 7) is 0. The molecule has 0 radical (unpaired) electrons. The topological polar surface area (TPSA) is 64.4 Å². The monoisotopic (exact) mass is 280 g/mol. The predicted molar refractivity (Wildman–Crippen MR) is 69.1 cm³/mol. The molecule has 2 rings (SSSR count). The molecule has 0 amide bonds. The van der Waals surface area contributed by atoms with Crippen LogP contribution in [0.25, 0.3) is 0 Å². The lowest BCUT2D eigenvalue weighted by molar-refractivity contribution is -0.388. The average molecular weight is 280 g/mol. The lowest BCUT2D eigenvalue weighted by Crippen LogP contribution is -1.98. The summed E-state index contributed by atoms with van der Waals surface area (Å²) < 4.78 is 31.7. The molecule has 0 aliphatic carbocycles. The molecule has 0 aromatic heterocycles. The van der Waals surface area contributed by atoms with Gasteiger partial charge in [0.15, 0.2) is 0 Å². The number of rotatable bonds is 4. The van der Waals surface area contributed by atoms with E-state index >= 15 is 0 Å². The van der Waals surface area contributed by atoms with Crippen molar-refractivity contribution < 1.29 is 18.4 Å². The second kappa shape index (κ2) is 5.52. The Balaban J connectivity index is 2.39. The number of nitrogens with zero attached hydrogens (tertiary/aromatic N) is 1. The van der Waals surface area contributed by atoms with Crippen LogP contribution in [0.5, 0.6) is 11.5 Å². The summed E-state index contributed by atoms with van der Waals surface area (Å²) in [5.74, 6) is -2.48. The van der Waals surface area contributed by atoms with E-state index < -0.39 is 28.0 Å². The van der Waals surface area contributed by atoms with Crippen molar-refractivity contribution in [3.63, 3.8) is 0 Å². The molecule has 0 saturated carbocycles. The lowest BCUT2D eigenvalue weighted by atomic mass is 10.2. The van der Waals surface area contributed by atoms with Crippen molar-refractivity contribution in [1.82, 2.24) is 0 Å². The van der Waals surface area contributed by atoms with Gasteiger partial charge in [0.25, 0.3) is 0 Å². The second-order valence-electron chi connectivity index (χ2n) is 3.87. The van der Waals surface area contributed by atoms with E-state index in [2.05, 4.69) is 5.32 Å². The standard InChI is InChI=1S/C13H10F2N2O3/c1-16-9-2-4-10(5-3-9)20-12-7-8(14)6-11(15)13(12)17(18)19/h2-7,16H,1H3. The third kappa shape index (κ3) is 2.82. The summed E-state index contributed by atoms with van der Waals surface area (Å²) in [4.78, 5) is 9.85. The molecule has 1 N–H and O–H groups in total. The third-order valence-corrected chi connectivity index (χ3v) is 2.55. The van der Waals surface area contributed by atoms with Crippen LogP contribution in [0.2, 0.25) is 0 Å². The first kappa shape index (κ1) is 13.7. The number of nitro benzene ring substituents is 1. The van der Waals surface area contributed by atoms with Gasteiger partial charge in [0.05, 0.1) is 4.92 Å². The number of ether oxygens (including phenoxy) is 1. The maximum absolute atomic E-state index is 13.4. The quantitative estimate of drug-likeness (QED) is 0.685. The maximum atomic E-state index is 13.4. The molecular formula is C13H10F2N2O3. The fourth-order valence-corrected chi connectivity index (χ4v) is 1.61. The molecule has 0 fully saturated rings. The molecule has 0 aliphatic heterocycles. The summed E-state index contributed by atoms with van der Waals surface area (Å²) in [5, 5.41) is 13.7. The fraction of sp³-hybridized carbons (Fsp3) is 0.0769. The molecule has 20 heavy (non-hydrogen) atoms. The largest absolute Gasteiger partial charge is 0.450 e. The summed E-state index contributed by atoms with van der Waals surface area (Å²) in [6.07, 6.45) is 0. The van der Waals surface area contributed by atoms with Crippen LogP contribution < -0.4 is 10.1 Å². The van der Waals surface area contributed by atoms with E-state index in [0.717, 1.165) is 11.8 Å². The highest BCUT2D eigenvalue weighted by atomic mass is 19.1. The molecule has 7 heteroatoms. The highest BCUT2D eigenvalue weighted by molar-refractivity contribution is 5.51. The second-order valence-corrected chi connectivity index (χ2v) is 3.87. The number of nitro groups is 1. The number of nitrogens with one attached hydrogen (secondary N) is 1. The number of hydrogen-bond acceptors (Lipinski definition) is 4. The smallest absolute Gasteiger partial charge is 0.347 e. The van der Waals surface area contributed by atoms with Crippen LogP contribution in [-0.2, 0) is 0 Å². The van der Waals surface area contributed by atoms with Crippen LogP contribution in [0.15, 0.2) is 36.4 Å². The van der Waals surface area contributed by atoms with E-state index in [1.807, 2.05) is 0 Å². The highest BCUT2D eigenvalue weighted by Gasteiger charge is 2.23. The third-order valence-electron chi connectivity index (χ3n) is 2.55. The summed E-state index contributed by atoms with van der Waals surface area (Å²) >= 11 is 0. The Bertz CT molecular complexity index is 645. The summed E-state index contributed by atoms with van der Waals surface area (Å²) in [7, 11) is 1.72. The first-order chi connectivity index (χ1) is 9.51. The summed E-state index contributed by atoms with van der Waals surface area (Å²) in [5.41, 5.74) is -0.0960. The Morgan fingerprint density at radius 3 is 2.40 bits per heavy atom. The zero-order chi connectivity index (χ0) is 14.7. The van der Waals surface area contributed by atoms with Gasteiger partial charge < -0.3 is 10.1 Å². The van der Waals surface area contributed by atoms with Crippen molar-refractivity contribution in [1.29, 1.82) is 0 Å². The fourth-order valence-electron chi connectivity index (χ4n) is 1.61. The van der Waals surface area contributed by atoms with Crippen molar-refractivity contribution in [2.75, 3.05) is 12.4 Å². The van der Waals surface area contributed by atoms with Crippen LogP contribution in [0.3, 0.4) is 0 Å². The van der Waals surface area contributed by atoms with Crippen molar-refractivity contribution >= 4 is 11.4 Å². The van der Waals surface area contributed by atoms with Gasteiger partial charge in [0.1, 0.15) is 11.6 Å². The minimum absolute atomic E-state index is 0.233. The zero-order valence-electron chi connectivity index (χ0n) is 10.4. The van der Waals surface area contributed by atoms with Gasteiger partial charge in [-0.2, -0.15) is 4.39 Å². The van der Waals surface area contributed by atoms with Gasteiger partial charge in [-0.3, -0.25) is 10.1 Å². The Labute approximate surface area is 113 Å². The van der Waals surface area contributed by atoms with E-state index in [0.29, 0.717) is 6.07 Å². The Morgan fingerprint density at radius 1 is 1.20 bits per heavy atom. The zero-order valence-corrected chi connectivity index (χ0v) is 10.4. The van der Waals surface area contributed by atoms with E-state index in [9.17, 15) is 18.9 Å². The van der Waals surface area contributed by atoms with E-state index in [-0.39, 0.29) is 5.75 Å². The van der Waals surface area contributed by atoms with Crippen LogP contribution in [0.1, 0.15) is 0 Å². The molecule has 0 bridgehead atoms. The molecule has 2 aromatic carbocycles. The SMILES string of the molecule is CNc1ccc(Oc2cc(F)cc(F)c2[N+](=O)[O-])cc1. The molecule has 0 atom stereocenters. The van der Waals surface area contributed by atoms with Gasteiger partial charge in [0, 0.05) is 24.9 Å². The van der Waals surface area contributed by atoms with Crippen molar-refractivity contribution in [2.45, 2.75) is 0 Å². The van der Waals surface area contributed by atoms with Crippen LogP contribution in [0.4, 0.5) is 20.2 Å². The number of benzene rings is 2. The van der Waals surface area contributed by atoms with Crippen molar-refractivity contribution in [2.24, 2.45) is 0 Å². The minimum atomic E-state index is -1.28. The van der Waals surface area contributed by atoms with Crippen LogP contribution >= 0.6 is 0 Å². The molecule has 2 aromatic rings. The normalized spacial score (nSPS) is 10.2. The number of hydrogen-bond donors (Lipinski definition) is 1. The van der Waals surface area contributed by atoms with Gasteiger partial charge >= 0.3 is 5.69 Å².